The van der Waals surface area contributed by atoms with Gasteiger partial charge < -0.3 is 15.2 Å². The van der Waals surface area contributed by atoms with E-state index in [-0.39, 0.29) is 24.5 Å². The molecule has 0 radical (unpaired) electrons. The van der Waals surface area contributed by atoms with Crippen LogP contribution >= 0.6 is 0 Å². The molecule has 100 valence electrons. The summed E-state index contributed by atoms with van der Waals surface area (Å²) in [5.74, 6) is 0.914. The Balaban J connectivity index is 2.53. The van der Waals surface area contributed by atoms with Crippen LogP contribution in [0, 0.1) is 5.92 Å². The van der Waals surface area contributed by atoms with Crippen LogP contribution in [0.2, 0.25) is 0 Å². The van der Waals surface area contributed by atoms with Gasteiger partial charge in [0.15, 0.2) is 0 Å². The number of hydrogen-bond acceptors (Lipinski definition) is 3. The summed E-state index contributed by atoms with van der Waals surface area (Å²) in [6.07, 6.45) is 0.313. The number of ether oxygens (including phenoxy) is 1. The molecule has 0 unspecified atom stereocenters. The Morgan fingerprint density at radius 1 is 1.33 bits per heavy atom. The number of rotatable bonds is 6. The van der Waals surface area contributed by atoms with Crippen molar-refractivity contribution in [2.45, 2.75) is 26.3 Å². The molecule has 0 aliphatic carbocycles. The minimum atomic E-state index is -0.184. The van der Waals surface area contributed by atoms with E-state index in [1.54, 1.807) is 7.11 Å². The molecule has 1 atom stereocenters. The lowest BCUT2D eigenvalue weighted by atomic mass is 10.0. The van der Waals surface area contributed by atoms with Crippen LogP contribution in [0.1, 0.15) is 19.4 Å². The monoisotopic (exact) mass is 251 g/mol. The third-order valence-corrected chi connectivity index (χ3v) is 2.87. The van der Waals surface area contributed by atoms with E-state index in [1.807, 2.05) is 38.1 Å². The maximum atomic E-state index is 11.8. The number of benzene rings is 1. The van der Waals surface area contributed by atoms with Gasteiger partial charge in [0.2, 0.25) is 5.91 Å². The minimum Gasteiger partial charge on any atom is -0.497 e. The lowest BCUT2D eigenvalue weighted by Gasteiger charge is -2.19. The summed E-state index contributed by atoms with van der Waals surface area (Å²) < 4.78 is 5.05. The molecule has 1 aromatic rings. The summed E-state index contributed by atoms with van der Waals surface area (Å²) in [5.41, 5.74) is 0.925. The van der Waals surface area contributed by atoms with Crippen molar-refractivity contribution in [1.29, 1.82) is 0 Å². The highest BCUT2D eigenvalue weighted by Crippen LogP contribution is 2.11. The van der Waals surface area contributed by atoms with E-state index in [9.17, 15) is 4.79 Å². The zero-order valence-corrected chi connectivity index (χ0v) is 11.1. The second-order valence-corrected chi connectivity index (χ2v) is 4.63. The molecule has 0 saturated carbocycles. The first-order chi connectivity index (χ1) is 8.56. The number of carbonyl (C=O) groups excluding carboxylic acids is 1. The van der Waals surface area contributed by atoms with Crippen LogP contribution in [-0.2, 0) is 11.2 Å². The van der Waals surface area contributed by atoms with Gasteiger partial charge in [-0.1, -0.05) is 26.0 Å². The lowest BCUT2D eigenvalue weighted by Crippen LogP contribution is -2.41. The van der Waals surface area contributed by atoms with E-state index in [4.69, 9.17) is 9.84 Å². The summed E-state index contributed by atoms with van der Waals surface area (Å²) in [6.45, 7) is 3.90. The van der Waals surface area contributed by atoms with Crippen molar-refractivity contribution in [2.75, 3.05) is 13.7 Å². The minimum absolute atomic E-state index is 0.0357. The fourth-order valence-electron chi connectivity index (χ4n) is 1.61. The summed E-state index contributed by atoms with van der Waals surface area (Å²) in [4.78, 5) is 11.8. The molecule has 0 aliphatic heterocycles. The topological polar surface area (TPSA) is 58.6 Å². The van der Waals surface area contributed by atoms with Crippen LogP contribution in [-0.4, -0.2) is 30.8 Å². The van der Waals surface area contributed by atoms with Crippen LogP contribution in [0.4, 0.5) is 0 Å². The lowest BCUT2D eigenvalue weighted by molar-refractivity contribution is -0.121. The quantitative estimate of drug-likeness (QED) is 0.803. The molecule has 4 nitrogen and oxygen atoms in total. The number of hydrogen-bond donors (Lipinski definition) is 2. The highest BCUT2D eigenvalue weighted by Gasteiger charge is 2.15. The molecule has 0 fully saturated rings. The SMILES string of the molecule is COc1ccc(CC(=O)N[C@H](CO)C(C)C)cc1. The molecule has 0 saturated heterocycles. The number of aliphatic hydroxyl groups excluding tert-OH is 1. The third-order valence-electron chi connectivity index (χ3n) is 2.87. The number of methoxy groups -OCH3 is 1. The van der Waals surface area contributed by atoms with Gasteiger partial charge in [-0.05, 0) is 23.6 Å². The van der Waals surface area contributed by atoms with Crippen LogP contribution in [0.5, 0.6) is 5.75 Å². The Bertz CT molecular complexity index is 373. The van der Waals surface area contributed by atoms with Gasteiger partial charge >= 0.3 is 0 Å². The van der Waals surface area contributed by atoms with Gasteiger partial charge in [-0.2, -0.15) is 0 Å². The fourth-order valence-corrected chi connectivity index (χ4v) is 1.61. The summed E-state index contributed by atoms with van der Waals surface area (Å²) in [5, 5.41) is 12.0. The highest BCUT2D eigenvalue weighted by molar-refractivity contribution is 5.78. The molecule has 2 N–H and O–H groups in total. The van der Waals surface area contributed by atoms with Gasteiger partial charge in [-0.3, -0.25) is 4.79 Å². The van der Waals surface area contributed by atoms with E-state index in [0.29, 0.717) is 6.42 Å². The molecule has 0 aromatic heterocycles. The third kappa shape index (κ3) is 4.37. The molecule has 18 heavy (non-hydrogen) atoms. The molecule has 0 bridgehead atoms. The Morgan fingerprint density at radius 2 is 1.94 bits per heavy atom. The molecule has 0 spiro atoms. The summed E-state index contributed by atoms with van der Waals surface area (Å²) in [7, 11) is 1.61. The molecular formula is C14H21NO3. The zero-order valence-electron chi connectivity index (χ0n) is 11.1. The fraction of sp³-hybridized carbons (Fsp3) is 0.500. The smallest absolute Gasteiger partial charge is 0.224 e. The molecule has 0 heterocycles. The van der Waals surface area contributed by atoms with E-state index >= 15 is 0 Å². The Labute approximate surface area is 108 Å². The van der Waals surface area contributed by atoms with Crippen LogP contribution < -0.4 is 10.1 Å². The maximum Gasteiger partial charge on any atom is 0.224 e. The van der Waals surface area contributed by atoms with Gasteiger partial charge in [0.25, 0.3) is 0 Å². The van der Waals surface area contributed by atoms with E-state index < -0.39 is 0 Å². The van der Waals surface area contributed by atoms with Gasteiger partial charge in [-0.15, -0.1) is 0 Å². The number of carbonyl (C=O) groups is 1. The predicted octanol–water partition coefficient (Wildman–Crippen LogP) is 1.37. The number of amides is 1. The first-order valence-electron chi connectivity index (χ1n) is 6.10. The molecule has 1 amide bonds. The highest BCUT2D eigenvalue weighted by atomic mass is 16.5. The van der Waals surface area contributed by atoms with Crippen molar-refractivity contribution in [3.05, 3.63) is 29.8 Å². The van der Waals surface area contributed by atoms with Crippen molar-refractivity contribution in [3.63, 3.8) is 0 Å². The Hall–Kier alpha value is -1.55. The normalized spacial score (nSPS) is 12.3. The number of aliphatic hydroxyl groups is 1. The van der Waals surface area contributed by atoms with Gasteiger partial charge in [0.05, 0.1) is 26.2 Å². The van der Waals surface area contributed by atoms with Gasteiger partial charge in [-0.25, -0.2) is 0 Å². The summed E-state index contributed by atoms with van der Waals surface area (Å²) in [6, 6.07) is 7.20. The van der Waals surface area contributed by atoms with Crippen LogP contribution in [0.3, 0.4) is 0 Å². The largest absolute Gasteiger partial charge is 0.497 e. The van der Waals surface area contributed by atoms with E-state index in [0.717, 1.165) is 11.3 Å². The van der Waals surface area contributed by atoms with Crippen molar-refractivity contribution in [3.8, 4) is 5.75 Å². The zero-order chi connectivity index (χ0) is 13.5. The maximum absolute atomic E-state index is 11.8. The number of nitrogens with one attached hydrogen (secondary N) is 1. The van der Waals surface area contributed by atoms with Gasteiger partial charge in [0.1, 0.15) is 5.75 Å². The summed E-state index contributed by atoms with van der Waals surface area (Å²) >= 11 is 0. The molecule has 1 rings (SSSR count). The standard InChI is InChI=1S/C14H21NO3/c1-10(2)13(9-16)15-14(17)8-11-4-6-12(18-3)7-5-11/h4-7,10,13,16H,8-9H2,1-3H3,(H,15,17)/t13-/m1/s1. The molecule has 0 aliphatic rings. The first-order valence-corrected chi connectivity index (χ1v) is 6.10. The van der Waals surface area contributed by atoms with Crippen molar-refractivity contribution in [2.24, 2.45) is 5.92 Å². The second-order valence-electron chi connectivity index (χ2n) is 4.63. The molecule has 4 heteroatoms. The van der Waals surface area contributed by atoms with Crippen LogP contribution in [0.15, 0.2) is 24.3 Å². The Kier molecular flexibility index (Phi) is 5.65. The first kappa shape index (κ1) is 14.5. The predicted molar refractivity (Wildman–Crippen MR) is 70.6 cm³/mol. The van der Waals surface area contributed by atoms with E-state index in [1.165, 1.54) is 0 Å². The second kappa shape index (κ2) is 7.01. The molecular weight excluding hydrogens is 230 g/mol. The molecule has 1 aromatic carbocycles. The van der Waals surface area contributed by atoms with Crippen molar-refractivity contribution < 1.29 is 14.6 Å². The van der Waals surface area contributed by atoms with Crippen LogP contribution in [0.25, 0.3) is 0 Å². The van der Waals surface area contributed by atoms with E-state index in [2.05, 4.69) is 5.32 Å². The Morgan fingerprint density at radius 3 is 2.39 bits per heavy atom. The average molecular weight is 251 g/mol. The van der Waals surface area contributed by atoms with Crippen molar-refractivity contribution in [1.82, 2.24) is 5.32 Å². The van der Waals surface area contributed by atoms with Gasteiger partial charge in [0, 0.05) is 0 Å². The average Bonchev–Trinajstić information content (AvgIpc) is 2.36. The van der Waals surface area contributed by atoms with Crippen molar-refractivity contribution >= 4 is 5.91 Å².